The molecule has 0 aliphatic carbocycles. The third-order valence-corrected chi connectivity index (χ3v) is 4.47. The Morgan fingerprint density at radius 1 is 1.33 bits per heavy atom. The van der Waals surface area contributed by atoms with Crippen LogP contribution >= 0.6 is 10.7 Å². The summed E-state index contributed by atoms with van der Waals surface area (Å²) in [6.07, 6.45) is 4.14. The molecule has 0 spiro atoms. The van der Waals surface area contributed by atoms with Gasteiger partial charge < -0.3 is 9.30 Å². The summed E-state index contributed by atoms with van der Waals surface area (Å²) >= 11 is 0. The van der Waals surface area contributed by atoms with E-state index in [2.05, 4.69) is 4.98 Å². The second-order valence-electron chi connectivity index (χ2n) is 4.90. The van der Waals surface area contributed by atoms with E-state index in [0.717, 1.165) is 17.0 Å². The number of ether oxygens (including phenoxy) is 1. The summed E-state index contributed by atoms with van der Waals surface area (Å²) < 4.78 is 30.9. The Labute approximate surface area is 128 Å². The molecular formula is C14H17ClN2O3S. The Morgan fingerprint density at radius 2 is 2.05 bits per heavy atom. The van der Waals surface area contributed by atoms with Gasteiger partial charge in [-0.3, -0.25) is 0 Å². The number of rotatable bonds is 5. The molecule has 0 bridgehead atoms. The molecule has 21 heavy (non-hydrogen) atoms. The number of halogens is 1. The molecule has 1 aromatic heterocycles. The van der Waals surface area contributed by atoms with Crippen LogP contribution < -0.4 is 4.74 Å². The minimum Gasteiger partial charge on any atom is -0.491 e. The van der Waals surface area contributed by atoms with Crippen LogP contribution in [0.4, 0.5) is 0 Å². The largest absolute Gasteiger partial charge is 0.491 e. The van der Waals surface area contributed by atoms with Gasteiger partial charge in [-0.1, -0.05) is 6.07 Å². The molecule has 0 N–H and O–H groups in total. The normalized spacial score (nSPS) is 11.6. The molecule has 5 nitrogen and oxygen atoms in total. The van der Waals surface area contributed by atoms with Gasteiger partial charge in [0.1, 0.15) is 16.5 Å². The van der Waals surface area contributed by atoms with Crippen LogP contribution in [0, 0.1) is 13.8 Å². The fraction of sp³-hybridized carbons (Fsp3) is 0.357. The van der Waals surface area contributed by atoms with Crippen LogP contribution in [-0.4, -0.2) is 24.6 Å². The van der Waals surface area contributed by atoms with Crippen LogP contribution in [-0.2, 0) is 22.5 Å². The van der Waals surface area contributed by atoms with Gasteiger partial charge in [0.25, 0.3) is 9.05 Å². The van der Waals surface area contributed by atoms with Gasteiger partial charge in [0.05, 0.1) is 6.61 Å². The van der Waals surface area contributed by atoms with Gasteiger partial charge in [0.15, 0.2) is 0 Å². The molecule has 0 atom stereocenters. The zero-order valence-corrected chi connectivity index (χ0v) is 13.7. The summed E-state index contributed by atoms with van der Waals surface area (Å²) in [6, 6.07) is 3.38. The maximum atomic E-state index is 11.7. The van der Waals surface area contributed by atoms with Gasteiger partial charge in [-0.2, -0.15) is 0 Å². The maximum Gasteiger partial charge on any atom is 0.265 e. The number of hydrogen-bond acceptors (Lipinski definition) is 4. The molecule has 0 radical (unpaired) electrons. The lowest BCUT2D eigenvalue weighted by molar-refractivity contribution is 0.307. The lowest BCUT2D eigenvalue weighted by Gasteiger charge is -2.13. The highest BCUT2D eigenvalue weighted by molar-refractivity contribution is 8.13. The molecule has 0 unspecified atom stereocenters. The molecule has 1 aromatic carbocycles. The van der Waals surface area contributed by atoms with Gasteiger partial charge in [0.2, 0.25) is 0 Å². The molecule has 0 saturated heterocycles. The molecule has 0 fully saturated rings. The van der Waals surface area contributed by atoms with Crippen molar-refractivity contribution in [1.29, 1.82) is 0 Å². The van der Waals surface area contributed by atoms with Crippen LogP contribution in [0.25, 0.3) is 0 Å². The van der Waals surface area contributed by atoms with E-state index in [0.29, 0.717) is 18.8 Å². The topological polar surface area (TPSA) is 61.2 Å². The first-order valence-corrected chi connectivity index (χ1v) is 8.75. The molecule has 0 amide bonds. The summed E-state index contributed by atoms with van der Waals surface area (Å²) in [7, 11) is 3.54. The summed E-state index contributed by atoms with van der Waals surface area (Å²) in [5.74, 6) is 1.18. The molecular weight excluding hydrogens is 312 g/mol. The quantitative estimate of drug-likeness (QED) is 0.791. The maximum absolute atomic E-state index is 11.7. The van der Waals surface area contributed by atoms with Crippen molar-refractivity contribution in [3.05, 3.63) is 41.5 Å². The van der Waals surface area contributed by atoms with Crippen molar-refractivity contribution in [2.45, 2.75) is 25.2 Å². The monoisotopic (exact) mass is 328 g/mol. The van der Waals surface area contributed by atoms with E-state index in [4.69, 9.17) is 15.4 Å². The lowest BCUT2D eigenvalue weighted by Crippen LogP contribution is -2.09. The van der Waals surface area contributed by atoms with Crippen molar-refractivity contribution < 1.29 is 13.2 Å². The van der Waals surface area contributed by atoms with E-state index in [1.165, 1.54) is 6.07 Å². The summed E-state index contributed by atoms with van der Waals surface area (Å²) in [5.41, 5.74) is 1.57. The molecule has 7 heteroatoms. The summed E-state index contributed by atoms with van der Waals surface area (Å²) in [4.78, 5) is 4.21. The number of aryl methyl sites for hydroxylation is 3. The number of nitrogens with zero attached hydrogens (tertiary/aromatic N) is 2. The van der Waals surface area contributed by atoms with Gasteiger partial charge in [-0.25, -0.2) is 13.4 Å². The summed E-state index contributed by atoms with van der Waals surface area (Å²) in [6.45, 7) is 3.94. The average molecular weight is 329 g/mol. The predicted octanol–water partition coefficient (Wildman–Crippen LogP) is 2.59. The molecule has 2 aromatic rings. The Hall–Kier alpha value is -1.53. The van der Waals surface area contributed by atoms with E-state index in [1.807, 2.05) is 30.8 Å². The Bertz CT molecular complexity index is 754. The molecule has 114 valence electrons. The summed E-state index contributed by atoms with van der Waals surface area (Å²) in [5, 5.41) is 0. The third-order valence-electron chi connectivity index (χ3n) is 3.14. The smallest absolute Gasteiger partial charge is 0.265 e. The van der Waals surface area contributed by atoms with Gasteiger partial charge >= 0.3 is 0 Å². The van der Waals surface area contributed by atoms with E-state index in [1.54, 1.807) is 13.1 Å². The Balaban J connectivity index is 2.22. The van der Waals surface area contributed by atoms with Gasteiger partial charge in [-0.05, 0) is 31.0 Å². The van der Waals surface area contributed by atoms with Crippen molar-refractivity contribution in [3.8, 4) is 5.75 Å². The third kappa shape index (κ3) is 3.77. The van der Waals surface area contributed by atoms with E-state index < -0.39 is 9.05 Å². The fourth-order valence-corrected chi connectivity index (χ4v) is 3.28. The zero-order chi connectivity index (χ0) is 15.6. The second kappa shape index (κ2) is 6.07. The van der Waals surface area contributed by atoms with Crippen molar-refractivity contribution >= 4 is 19.7 Å². The molecule has 0 aliphatic heterocycles. The van der Waals surface area contributed by atoms with Crippen LogP contribution in [0.15, 0.2) is 29.4 Å². The second-order valence-corrected chi connectivity index (χ2v) is 7.43. The predicted molar refractivity (Wildman–Crippen MR) is 81.4 cm³/mol. The standard InChI is InChI=1S/C14H17ClN2O3S/c1-10-8-11(2)14(12(9-10)21(15,18)19)20-7-4-13-16-5-6-17(13)3/h5-6,8-9H,4,7H2,1-3H3. The first kappa shape index (κ1) is 15.9. The number of aromatic nitrogens is 2. The van der Waals surface area contributed by atoms with Gasteiger partial charge in [0, 0.05) is 36.5 Å². The van der Waals surface area contributed by atoms with Gasteiger partial charge in [-0.15, -0.1) is 0 Å². The lowest BCUT2D eigenvalue weighted by atomic mass is 10.1. The first-order valence-electron chi connectivity index (χ1n) is 6.44. The highest BCUT2D eigenvalue weighted by Gasteiger charge is 2.19. The highest BCUT2D eigenvalue weighted by atomic mass is 35.7. The van der Waals surface area contributed by atoms with Crippen LogP contribution in [0.3, 0.4) is 0 Å². The SMILES string of the molecule is Cc1cc(C)c(OCCc2nccn2C)c(S(=O)(=O)Cl)c1. The molecule has 0 aliphatic rings. The van der Waals surface area contributed by atoms with Crippen LogP contribution in [0.5, 0.6) is 5.75 Å². The number of benzene rings is 1. The molecule has 1 heterocycles. The van der Waals surface area contributed by atoms with E-state index in [-0.39, 0.29) is 4.90 Å². The van der Waals surface area contributed by atoms with Crippen molar-refractivity contribution in [2.24, 2.45) is 7.05 Å². The highest BCUT2D eigenvalue weighted by Crippen LogP contribution is 2.31. The minimum absolute atomic E-state index is 0.0153. The number of imidazole rings is 1. The van der Waals surface area contributed by atoms with Crippen molar-refractivity contribution in [1.82, 2.24) is 9.55 Å². The molecule has 2 rings (SSSR count). The van der Waals surface area contributed by atoms with Crippen LogP contribution in [0.2, 0.25) is 0 Å². The Kier molecular flexibility index (Phi) is 4.58. The zero-order valence-electron chi connectivity index (χ0n) is 12.1. The van der Waals surface area contributed by atoms with E-state index in [9.17, 15) is 8.42 Å². The minimum atomic E-state index is -3.84. The van der Waals surface area contributed by atoms with Crippen molar-refractivity contribution in [2.75, 3.05) is 6.61 Å². The van der Waals surface area contributed by atoms with E-state index >= 15 is 0 Å². The Morgan fingerprint density at radius 3 is 2.62 bits per heavy atom. The van der Waals surface area contributed by atoms with Crippen molar-refractivity contribution in [3.63, 3.8) is 0 Å². The first-order chi connectivity index (χ1) is 9.79. The average Bonchev–Trinajstić information content (AvgIpc) is 2.76. The number of hydrogen-bond donors (Lipinski definition) is 0. The molecule has 0 saturated carbocycles. The van der Waals surface area contributed by atoms with Crippen LogP contribution in [0.1, 0.15) is 17.0 Å². The fourth-order valence-electron chi connectivity index (χ4n) is 2.16.